The summed E-state index contributed by atoms with van der Waals surface area (Å²) < 4.78 is 7.66. The third kappa shape index (κ3) is 2.38. The molecule has 6 heteroatoms. The summed E-state index contributed by atoms with van der Waals surface area (Å²) in [5, 5.41) is 17.3. The third-order valence-corrected chi connectivity index (χ3v) is 4.29. The van der Waals surface area contributed by atoms with Crippen LogP contribution in [-0.4, -0.2) is 20.7 Å². The average molecular weight is 306 g/mol. The second kappa shape index (κ2) is 5.41. The van der Waals surface area contributed by atoms with Crippen LogP contribution >= 0.6 is 11.6 Å². The Morgan fingerprint density at radius 1 is 1.43 bits per heavy atom. The molecule has 0 atom stereocenters. The fourth-order valence-corrected chi connectivity index (χ4v) is 2.91. The molecule has 0 amide bonds. The molecule has 3 rings (SSSR count). The molecule has 0 bridgehead atoms. The number of halogens is 1. The molecule has 1 aromatic carbocycles. The van der Waals surface area contributed by atoms with Crippen molar-refractivity contribution in [1.82, 2.24) is 9.78 Å². The second-order valence-corrected chi connectivity index (χ2v) is 5.47. The van der Waals surface area contributed by atoms with Crippen LogP contribution in [0.1, 0.15) is 28.9 Å². The van der Waals surface area contributed by atoms with Gasteiger partial charge in [-0.05, 0) is 25.8 Å². The van der Waals surface area contributed by atoms with Crippen LogP contribution in [0, 0.1) is 6.92 Å². The van der Waals surface area contributed by atoms with E-state index < -0.39 is 0 Å². The summed E-state index contributed by atoms with van der Waals surface area (Å²) in [6, 6.07) is 5.78. The highest BCUT2D eigenvalue weighted by atomic mass is 35.5. The van der Waals surface area contributed by atoms with Gasteiger partial charge in [-0.3, -0.25) is 4.68 Å². The summed E-state index contributed by atoms with van der Waals surface area (Å²) >= 11 is 6.23. The molecule has 0 fully saturated rings. The lowest BCUT2D eigenvalue weighted by atomic mass is 10.1. The molecule has 110 valence electrons. The minimum atomic E-state index is 0.359. The normalized spacial score (nSPS) is 15.5. The van der Waals surface area contributed by atoms with Gasteiger partial charge in [-0.15, -0.1) is 0 Å². The molecule has 1 N–H and O–H groups in total. The first kappa shape index (κ1) is 13.9. The number of nitrogens with zero attached hydrogens (tertiary/aromatic N) is 3. The maximum atomic E-state index is 9.01. The minimum absolute atomic E-state index is 0.359. The molecule has 0 unspecified atom stereocenters. The van der Waals surface area contributed by atoms with Crippen LogP contribution in [0.3, 0.4) is 0 Å². The SMILES string of the molecule is Cc1nn(C)c(COc2cccc3c2CCC3=NO)c1Cl. The third-order valence-electron chi connectivity index (χ3n) is 3.80. The Balaban J connectivity index is 1.86. The summed E-state index contributed by atoms with van der Waals surface area (Å²) in [5.41, 5.74) is 4.40. The molecule has 1 aliphatic rings. The predicted molar refractivity (Wildman–Crippen MR) is 80.4 cm³/mol. The molecular weight excluding hydrogens is 290 g/mol. The number of rotatable bonds is 3. The van der Waals surface area contributed by atoms with Crippen molar-refractivity contribution in [3.05, 3.63) is 45.7 Å². The van der Waals surface area contributed by atoms with Crippen LogP contribution in [-0.2, 0) is 20.1 Å². The van der Waals surface area contributed by atoms with Crippen molar-refractivity contribution in [2.75, 3.05) is 0 Å². The van der Waals surface area contributed by atoms with E-state index in [4.69, 9.17) is 21.5 Å². The van der Waals surface area contributed by atoms with Gasteiger partial charge in [0.1, 0.15) is 12.4 Å². The second-order valence-electron chi connectivity index (χ2n) is 5.09. The zero-order chi connectivity index (χ0) is 15.0. The van der Waals surface area contributed by atoms with Gasteiger partial charge in [0, 0.05) is 18.2 Å². The molecule has 1 heterocycles. The maximum Gasteiger partial charge on any atom is 0.131 e. The van der Waals surface area contributed by atoms with Crippen LogP contribution in [0.25, 0.3) is 0 Å². The number of oxime groups is 1. The van der Waals surface area contributed by atoms with Crippen molar-refractivity contribution in [1.29, 1.82) is 0 Å². The number of benzene rings is 1. The van der Waals surface area contributed by atoms with Crippen molar-refractivity contribution in [2.45, 2.75) is 26.4 Å². The quantitative estimate of drug-likeness (QED) is 0.700. The first-order chi connectivity index (χ1) is 10.1. The highest BCUT2D eigenvalue weighted by Gasteiger charge is 2.22. The van der Waals surface area contributed by atoms with Gasteiger partial charge in [-0.25, -0.2) is 0 Å². The topological polar surface area (TPSA) is 59.6 Å². The monoisotopic (exact) mass is 305 g/mol. The Hall–Kier alpha value is -2.01. The molecule has 5 nitrogen and oxygen atoms in total. The Labute approximate surface area is 127 Å². The number of ether oxygens (including phenoxy) is 1. The van der Waals surface area contributed by atoms with Crippen LogP contribution < -0.4 is 4.74 Å². The molecule has 1 aliphatic carbocycles. The lowest BCUT2D eigenvalue weighted by Gasteiger charge is -2.11. The summed E-state index contributed by atoms with van der Waals surface area (Å²) in [6.07, 6.45) is 1.56. The van der Waals surface area contributed by atoms with Crippen molar-refractivity contribution in [3.8, 4) is 5.75 Å². The zero-order valence-electron chi connectivity index (χ0n) is 11.9. The van der Waals surface area contributed by atoms with Crippen molar-refractivity contribution in [3.63, 3.8) is 0 Å². The lowest BCUT2D eigenvalue weighted by Crippen LogP contribution is -2.05. The molecule has 21 heavy (non-hydrogen) atoms. The van der Waals surface area contributed by atoms with E-state index in [1.807, 2.05) is 32.2 Å². The van der Waals surface area contributed by atoms with E-state index >= 15 is 0 Å². The number of aromatic nitrogens is 2. The summed E-state index contributed by atoms with van der Waals surface area (Å²) in [7, 11) is 1.85. The maximum absolute atomic E-state index is 9.01. The van der Waals surface area contributed by atoms with E-state index in [0.29, 0.717) is 17.3 Å². The van der Waals surface area contributed by atoms with E-state index in [0.717, 1.165) is 41.1 Å². The minimum Gasteiger partial charge on any atom is -0.487 e. The van der Waals surface area contributed by atoms with Crippen LogP contribution in [0.5, 0.6) is 5.75 Å². The predicted octanol–water partition coefficient (Wildman–Crippen LogP) is 3.09. The Morgan fingerprint density at radius 2 is 2.24 bits per heavy atom. The molecule has 0 aliphatic heterocycles. The molecule has 2 aromatic rings. The molecule has 1 aromatic heterocycles. The molecule has 0 radical (unpaired) electrons. The van der Waals surface area contributed by atoms with Crippen LogP contribution in [0.15, 0.2) is 23.4 Å². The van der Waals surface area contributed by atoms with Gasteiger partial charge >= 0.3 is 0 Å². The van der Waals surface area contributed by atoms with Gasteiger partial charge in [0.05, 0.1) is 22.1 Å². The standard InChI is InChI=1S/C15H16ClN3O2/c1-9-15(16)13(19(2)17-9)8-21-14-5-3-4-10-11(14)6-7-12(10)18-20/h3-5,20H,6-8H2,1-2H3. The van der Waals surface area contributed by atoms with Gasteiger partial charge < -0.3 is 9.94 Å². The molecule has 0 saturated carbocycles. The summed E-state index contributed by atoms with van der Waals surface area (Å²) in [5.74, 6) is 0.807. The Kier molecular flexibility index (Phi) is 3.59. The lowest BCUT2D eigenvalue weighted by molar-refractivity contribution is 0.292. The van der Waals surface area contributed by atoms with Gasteiger partial charge in [0.25, 0.3) is 0 Å². The van der Waals surface area contributed by atoms with Crippen LogP contribution in [0.4, 0.5) is 0 Å². The van der Waals surface area contributed by atoms with Gasteiger partial charge in [0.15, 0.2) is 0 Å². The number of hydrogen-bond donors (Lipinski definition) is 1. The van der Waals surface area contributed by atoms with Gasteiger partial charge in [-0.2, -0.15) is 5.10 Å². The van der Waals surface area contributed by atoms with Crippen molar-refractivity contribution in [2.24, 2.45) is 12.2 Å². The van der Waals surface area contributed by atoms with E-state index in [1.54, 1.807) is 4.68 Å². The highest BCUT2D eigenvalue weighted by Crippen LogP contribution is 2.32. The molecular formula is C15H16ClN3O2. The average Bonchev–Trinajstić information content (AvgIpc) is 3.00. The van der Waals surface area contributed by atoms with E-state index in [9.17, 15) is 0 Å². The first-order valence-corrected chi connectivity index (χ1v) is 7.13. The van der Waals surface area contributed by atoms with Crippen LogP contribution in [0.2, 0.25) is 5.02 Å². The summed E-state index contributed by atoms with van der Waals surface area (Å²) in [4.78, 5) is 0. The Morgan fingerprint density at radius 3 is 2.90 bits per heavy atom. The zero-order valence-corrected chi connectivity index (χ0v) is 12.7. The summed E-state index contributed by atoms with van der Waals surface area (Å²) in [6.45, 7) is 2.23. The molecule has 0 saturated heterocycles. The van der Waals surface area contributed by atoms with E-state index in [-0.39, 0.29) is 0 Å². The number of aryl methyl sites for hydroxylation is 2. The number of hydrogen-bond acceptors (Lipinski definition) is 4. The van der Waals surface area contributed by atoms with Gasteiger partial charge in [-0.1, -0.05) is 28.9 Å². The van der Waals surface area contributed by atoms with Crippen molar-refractivity contribution >= 4 is 17.3 Å². The number of fused-ring (bicyclic) bond motifs is 1. The Bertz CT molecular complexity index is 722. The molecule has 0 spiro atoms. The fourth-order valence-electron chi connectivity index (χ4n) is 2.69. The van der Waals surface area contributed by atoms with Gasteiger partial charge in [0.2, 0.25) is 0 Å². The fraction of sp³-hybridized carbons (Fsp3) is 0.333. The van der Waals surface area contributed by atoms with E-state index in [1.165, 1.54) is 0 Å². The smallest absolute Gasteiger partial charge is 0.131 e. The highest BCUT2D eigenvalue weighted by molar-refractivity contribution is 6.31. The largest absolute Gasteiger partial charge is 0.487 e. The van der Waals surface area contributed by atoms with Crippen molar-refractivity contribution < 1.29 is 9.94 Å². The first-order valence-electron chi connectivity index (χ1n) is 6.75. The van der Waals surface area contributed by atoms with E-state index in [2.05, 4.69) is 10.3 Å².